The van der Waals surface area contributed by atoms with Crippen LogP contribution in [0.3, 0.4) is 0 Å². The van der Waals surface area contributed by atoms with Crippen molar-refractivity contribution in [1.82, 2.24) is 9.97 Å². The van der Waals surface area contributed by atoms with Crippen LogP contribution in [0.5, 0.6) is 5.75 Å². The van der Waals surface area contributed by atoms with Crippen molar-refractivity contribution in [2.75, 3.05) is 31.3 Å². The molecule has 106 valence electrons. The number of anilines is 2. The van der Waals surface area contributed by atoms with Crippen LogP contribution in [0.15, 0.2) is 30.6 Å². The Labute approximate surface area is 117 Å². The Balaban J connectivity index is 2.01. The van der Waals surface area contributed by atoms with Crippen molar-refractivity contribution in [1.29, 1.82) is 0 Å². The fraction of sp³-hybridized carbons (Fsp3) is 0.286. The number of benzene rings is 1. The highest BCUT2D eigenvalue weighted by molar-refractivity contribution is 5.63. The molecular weight excluding hydrogens is 259 g/mol. The Kier molecular flexibility index (Phi) is 4.70. The van der Waals surface area contributed by atoms with Gasteiger partial charge in [-0.15, -0.1) is 0 Å². The quantitative estimate of drug-likeness (QED) is 0.848. The number of hydrogen-bond acceptors (Lipinski definition) is 5. The molecule has 0 unspecified atom stereocenters. The van der Waals surface area contributed by atoms with Crippen LogP contribution >= 0.6 is 0 Å². The largest absolute Gasteiger partial charge is 0.490 e. The Morgan fingerprint density at radius 2 is 2.05 bits per heavy atom. The van der Waals surface area contributed by atoms with Gasteiger partial charge in [0.05, 0.1) is 7.11 Å². The number of nitrogens with zero attached hydrogens (tertiary/aromatic N) is 2. The second-order valence-electron chi connectivity index (χ2n) is 4.16. The third-order valence-electron chi connectivity index (χ3n) is 2.84. The second-order valence-corrected chi connectivity index (χ2v) is 4.16. The van der Waals surface area contributed by atoms with Gasteiger partial charge < -0.3 is 15.4 Å². The minimum atomic E-state index is -0.223. The van der Waals surface area contributed by atoms with Crippen LogP contribution < -0.4 is 15.4 Å². The summed E-state index contributed by atoms with van der Waals surface area (Å²) in [5, 5.41) is 6.11. The van der Waals surface area contributed by atoms with Crippen molar-refractivity contribution in [2.24, 2.45) is 0 Å². The Hall–Kier alpha value is -2.37. The summed E-state index contributed by atoms with van der Waals surface area (Å²) >= 11 is 0. The van der Waals surface area contributed by atoms with E-state index >= 15 is 0 Å². The van der Waals surface area contributed by atoms with Crippen LogP contribution in [0.25, 0.3) is 0 Å². The molecule has 5 nitrogen and oxygen atoms in total. The average Bonchev–Trinajstić information content (AvgIpc) is 2.47. The second kappa shape index (κ2) is 6.70. The van der Waals surface area contributed by atoms with Gasteiger partial charge in [0.15, 0.2) is 11.6 Å². The van der Waals surface area contributed by atoms with Gasteiger partial charge in [0, 0.05) is 13.6 Å². The first-order valence-corrected chi connectivity index (χ1v) is 6.29. The lowest BCUT2D eigenvalue weighted by molar-refractivity contribution is 0.415. The molecule has 0 amide bonds. The Morgan fingerprint density at radius 3 is 2.75 bits per heavy atom. The maximum atomic E-state index is 13.1. The molecule has 2 rings (SSSR count). The van der Waals surface area contributed by atoms with Crippen LogP contribution in [0.2, 0.25) is 0 Å². The number of methoxy groups -OCH3 is 1. The zero-order valence-corrected chi connectivity index (χ0v) is 11.5. The van der Waals surface area contributed by atoms with E-state index in [-0.39, 0.29) is 5.82 Å². The lowest BCUT2D eigenvalue weighted by Gasteiger charge is -2.12. The highest BCUT2D eigenvalue weighted by Crippen LogP contribution is 2.28. The summed E-state index contributed by atoms with van der Waals surface area (Å²) in [5.41, 5.74) is 0.930. The minimum Gasteiger partial charge on any atom is -0.490 e. The molecule has 0 spiro atoms. The van der Waals surface area contributed by atoms with Gasteiger partial charge in [-0.05, 0) is 24.1 Å². The van der Waals surface area contributed by atoms with E-state index in [0.717, 1.165) is 5.56 Å². The van der Waals surface area contributed by atoms with Crippen LogP contribution in [0.4, 0.5) is 16.0 Å². The molecule has 0 aliphatic carbocycles. The molecule has 1 heterocycles. The monoisotopic (exact) mass is 276 g/mol. The highest BCUT2D eigenvalue weighted by Gasteiger charge is 2.10. The molecule has 1 aromatic heterocycles. The van der Waals surface area contributed by atoms with Crippen molar-refractivity contribution in [3.05, 3.63) is 42.0 Å². The maximum absolute atomic E-state index is 13.1. The van der Waals surface area contributed by atoms with Crippen LogP contribution in [0, 0.1) is 5.82 Å². The summed E-state index contributed by atoms with van der Waals surface area (Å²) < 4.78 is 18.3. The molecule has 0 saturated carbocycles. The Bertz CT molecular complexity index is 577. The molecule has 2 N–H and O–H groups in total. The van der Waals surface area contributed by atoms with Gasteiger partial charge in [-0.1, -0.05) is 12.1 Å². The van der Waals surface area contributed by atoms with E-state index in [9.17, 15) is 4.39 Å². The van der Waals surface area contributed by atoms with Crippen molar-refractivity contribution in [3.8, 4) is 5.75 Å². The lowest BCUT2D eigenvalue weighted by Crippen LogP contribution is -2.09. The minimum absolute atomic E-state index is 0.223. The molecule has 0 fully saturated rings. The van der Waals surface area contributed by atoms with E-state index in [1.807, 2.05) is 6.07 Å². The molecule has 2 aromatic rings. The molecule has 0 aliphatic rings. The summed E-state index contributed by atoms with van der Waals surface area (Å²) in [6, 6.07) is 6.55. The van der Waals surface area contributed by atoms with Crippen LogP contribution in [-0.2, 0) is 6.42 Å². The maximum Gasteiger partial charge on any atom is 0.204 e. The molecule has 1 aromatic carbocycles. The van der Waals surface area contributed by atoms with Gasteiger partial charge in [-0.2, -0.15) is 0 Å². The fourth-order valence-corrected chi connectivity index (χ4v) is 1.89. The molecule has 0 atom stereocenters. The predicted molar refractivity (Wildman–Crippen MR) is 76.7 cm³/mol. The van der Waals surface area contributed by atoms with Gasteiger partial charge in [-0.3, -0.25) is 0 Å². The van der Waals surface area contributed by atoms with E-state index < -0.39 is 0 Å². The summed E-state index contributed by atoms with van der Waals surface area (Å²) in [6.07, 6.45) is 2.15. The molecular formula is C14H17FN4O. The van der Waals surface area contributed by atoms with E-state index in [2.05, 4.69) is 20.6 Å². The molecule has 6 heteroatoms. The number of nitrogens with one attached hydrogen (secondary N) is 2. The SMILES string of the molecule is CNc1ncnc(NCCc2cccc(F)c2)c1OC. The van der Waals surface area contributed by atoms with Crippen molar-refractivity contribution >= 4 is 11.6 Å². The Morgan fingerprint density at radius 1 is 1.25 bits per heavy atom. The summed E-state index contributed by atoms with van der Waals surface area (Å²) in [4.78, 5) is 8.22. The third kappa shape index (κ3) is 3.34. The normalized spacial score (nSPS) is 10.2. The number of ether oxygens (including phenoxy) is 1. The van der Waals surface area contributed by atoms with Crippen molar-refractivity contribution < 1.29 is 9.13 Å². The van der Waals surface area contributed by atoms with E-state index in [0.29, 0.717) is 30.4 Å². The zero-order valence-electron chi connectivity index (χ0n) is 11.5. The van der Waals surface area contributed by atoms with Gasteiger partial charge in [-0.25, -0.2) is 14.4 Å². The summed E-state index contributed by atoms with van der Waals surface area (Å²) in [6.45, 7) is 0.625. The highest BCUT2D eigenvalue weighted by atomic mass is 19.1. The molecule has 0 radical (unpaired) electrons. The first kappa shape index (κ1) is 14.0. The molecule has 0 aliphatic heterocycles. The molecule has 0 bridgehead atoms. The van der Waals surface area contributed by atoms with Crippen LogP contribution in [0.1, 0.15) is 5.56 Å². The first-order valence-electron chi connectivity index (χ1n) is 6.29. The van der Waals surface area contributed by atoms with Crippen LogP contribution in [-0.4, -0.2) is 30.7 Å². The number of aromatic nitrogens is 2. The van der Waals surface area contributed by atoms with Gasteiger partial charge in [0.25, 0.3) is 0 Å². The van der Waals surface area contributed by atoms with Gasteiger partial charge in [0.2, 0.25) is 5.75 Å². The number of halogens is 1. The predicted octanol–water partition coefficient (Wildman–Crippen LogP) is 2.32. The van der Waals surface area contributed by atoms with E-state index in [4.69, 9.17) is 4.74 Å². The number of hydrogen-bond donors (Lipinski definition) is 2. The molecule has 20 heavy (non-hydrogen) atoms. The smallest absolute Gasteiger partial charge is 0.204 e. The summed E-state index contributed by atoms with van der Waals surface area (Å²) in [5.74, 6) is 1.58. The van der Waals surface area contributed by atoms with Gasteiger partial charge >= 0.3 is 0 Å². The summed E-state index contributed by atoms with van der Waals surface area (Å²) in [7, 11) is 3.33. The number of rotatable bonds is 6. The first-order chi connectivity index (χ1) is 9.74. The lowest BCUT2D eigenvalue weighted by atomic mass is 10.1. The molecule has 0 saturated heterocycles. The third-order valence-corrected chi connectivity index (χ3v) is 2.84. The fourth-order valence-electron chi connectivity index (χ4n) is 1.89. The van der Waals surface area contributed by atoms with E-state index in [1.54, 1.807) is 20.2 Å². The zero-order chi connectivity index (χ0) is 14.4. The van der Waals surface area contributed by atoms with Crippen molar-refractivity contribution in [3.63, 3.8) is 0 Å². The topological polar surface area (TPSA) is 59.1 Å². The standard InChI is InChI=1S/C14H17FN4O/c1-16-13-12(20-2)14(19-9-18-13)17-7-6-10-4-3-5-11(15)8-10/h3-5,8-9H,6-7H2,1-2H3,(H2,16,17,18,19). The van der Waals surface area contributed by atoms with E-state index in [1.165, 1.54) is 18.5 Å². The van der Waals surface area contributed by atoms with Gasteiger partial charge in [0.1, 0.15) is 12.1 Å². The average molecular weight is 276 g/mol. The van der Waals surface area contributed by atoms with Crippen molar-refractivity contribution in [2.45, 2.75) is 6.42 Å².